The number of allylic oxidation sites excluding steroid dienone is 4. The molecular weight excluding hydrogens is 569 g/mol. The molecule has 12 heteroatoms. The SMILES string of the molecule is O=C1C=C(C(=O)N[C@@H]2CCN(c3c(C(=O)N4CCOCC4)cc(Br)cc3C(F)(F)F)C2)C2C=CC=CC2=N1. The van der Waals surface area contributed by atoms with Gasteiger partial charge < -0.3 is 19.9 Å². The van der Waals surface area contributed by atoms with Gasteiger partial charge in [-0.2, -0.15) is 13.2 Å². The van der Waals surface area contributed by atoms with E-state index in [1.165, 1.54) is 21.9 Å². The third-order valence-corrected chi connectivity index (χ3v) is 7.32. The zero-order chi connectivity index (χ0) is 27.0. The minimum absolute atomic E-state index is 0.0545. The largest absolute Gasteiger partial charge is 0.418 e. The number of carbonyl (C=O) groups is 3. The van der Waals surface area contributed by atoms with E-state index >= 15 is 0 Å². The lowest BCUT2D eigenvalue weighted by Gasteiger charge is -2.31. The Hall–Kier alpha value is -3.25. The zero-order valence-corrected chi connectivity index (χ0v) is 21.7. The normalized spacial score (nSPS) is 23.2. The van der Waals surface area contributed by atoms with Gasteiger partial charge in [0.15, 0.2) is 0 Å². The van der Waals surface area contributed by atoms with Crippen LogP contribution in [0.15, 0.2) is 57.6 Å². The summed E-state index contributed by atoms with van der Waals surface area (Å²) in [6.07, 6.45) is 3.77. The van der Waals surface area contributed by atoms with Crippen LogP contribution in [0.2, 0.25) is 0 Å². The predicted molar refractivity (Wildman–Crippen MR) is 137 cm³/mol. The van der Waals surface area contributed by atoms with Crippen molar-refractivity contribution in [1.82, 2.24) is 10.2 Å². The lowest BCUT2D eigenvalue weighted by Crippen LogP contribution is -2.42. The Morgan fingerprint density at radius 1 is 1.13 bits per heavy atom. The van der Waals surface area contributed by atoms with Crippen molar-refractivity contribution in [3.05, 3.63) is 63.7 Å². The van der Waals surface area contributed by atoms with Crippen LogP contribution in [0.5, 0.6) is 0 Å². The number of halogens is 4. The molecular formula is C26H24BrF3N4O4. The molecule has 1 aromatic rings. The number of nitrogens with one attached hydrogen (secondary N) is 1. The summed E-state index contributed by atoms with van der Waals surface area (Å²) in [4.78, 5) is 45.5. The molecule has 0 bridgehead atoms. The highest BCUT2D eigenvalue weighted by Crippen LogP contribution is 2.42. The van der Waals surface area contributed by atoms with E-state index < -0.39 is 41.4 Å². The highest BCUT2D eigenvalue weighted by atomic mass is 79.9. The molecule has 5 rings (SSSR count). The number of ether oxygens (including phenoxy) is 1. The molecule has 3 heterocycles. The average molecular weight is 593 g/mol. The molecule has 1 aliphatic carbocycles. The van der Waals surface area contributed by atoms with Crippen molar-refractivity contribution in [2.45, 2.75) is 18.6 Å². The van der Waals surface area contributed by atoms with Crippen LogP contribution in [0.4, 0.5) is 18.9 Å². The molecule has 1 N–H and O–H groups in total. The van der Waals surface area contributed by atoms with Gasteiger partial charge in [-0.1, -0.05) is 34.2 Å². The van der Waals surface area contributed by atoms with Crippen molar-refractivity contribution in [3.8, 4) is 0 Å². The highest BCUT2D eigenvalue weighted by Gasteiger charge is 2.40. The second kappa shape index (κ2) is 10.5. The highest BCUT2D eigenvalue weighted by molar-refractivity contribution is 9.10. The van der Waals surface area contributed by atoms with Crippen molar-refractivity contribution < 1.29 is 32.3 Å². The van der Waals surface area contributed by atoms with Crippen LogP contribution in [-0.4, -0.2) is 73.8 Å². The van der Waals surface area contributed by atoms with Gasteiger partial charge in [0.1, 0.15) is 0 Å². The number of carbonyl (C=O) groups excluding carboxylic acids is 3. The Balaban J connectivity index is 1.39. The van der Waals surface area contributed by atoms with E-state index in [-0.39, 0.29) is 47.5 Å². The van der Waals surface area contributed by atoms with E-state index in [2.05, 4.69) is 26.2 Å². The molecule has 0 saturated carbocycles. The van der Waals surface area contributed by atoms with Crippen molar-refractivity contribution in [1.29, 1.82) is 0 Å². The fourth-order valence-corrected chi connectivity index (χ4v) is 5.55. The summed E-state index contributed by atoms with van der Waals surface area (Å²) in [5, 5.41) is 2.87. The lowest BCUT2D eigenvalue weighted by molar-refractivity contribution is -0.137. The zero-order valence-electron chi connectivity index (χ0n) is 20.1. The number of fused-ring (bicyclic) bond motifs is 1. The Morgan fingerprint density at radius 2 is 1.89 bits per heavy atom. The summed E-state index contributed by atoms with van der Waals surface area (Å²) < 4.78 is 48.0. The Morgan fingerprint density at radius 3 is 2.63 bits per heavy atom. The first-order valence-electron chi connectivity index (χ1n) is 12.1. The first-order valence-corrected chi connectivity index (χ1v) is 12.9. The van der Waals surface area contributed by atoms with Crippen LogP contribution in [0.3, 0.4) is 0 Å². The first kappa shape index (κ1) is 26.4. The van der Waals surface area contributed by atoms with Gasteiger partial charge in [0, 0.05) is 48.3 Å². The van der Waals surface area contributed by atoms with Gasteiger partial charge in [0.25, 0.3) is 11.8 Å². The van der Waals surface area contributed by atoms with Crippen molar-refractivity contribution in [3.63, 3.8) is 0 Å². The average Bonchev–Trinajstić information content (AvgIpc) is 3.35. The molecule has 0 aromatic heterocycles. The third-order valence-electron chi connectivity index (χ3n) is 6.86. The molecule has 3 aliphatic heterocycles. The van der Waals surface area contributed by atoms with Gasteiger partial charge in [-0.05, 0) is 24.6 Å². The molecule has 38 heavy (non-hydrogen) atoms. The van der Waals surface area contributed by atoms with Gasteiger partial charge in [-0.3, -0.25) is 14.4 Å². The summed E-state index contributed by atoms with van der Waals surface area (Å²) >= 11 is 3.14. The van der Waals surface area contributed by atoms with Gasteiger partial charge in [0.05, 0.1) is 41.7 Å². The monoisotopic (exact) mass is 592 g/mol. The number of nitrogens with zero attached hydrogens (tertiary/aromatic N) is 3. The number of dihydropyridines is 1. The summed E-state index contributed by atoms with van der Waals surface area (Å²) in [6.45, 7) is 1.48. The smallest absolute Gasteiger partial charge is 0.378 e. The van der Waals surface area contributed by atoms with Crippen LogP contribution in [0, 0.1) is 5.92 Å². The predicted octanol–water partition coefficient (Wildman–Crippen LogP) is 3.29. The molecule has 2 fully saturated rings. The number of amides is 3. The molecule has 0 spiro atoms. The van der Waals surface area contributed by atoms with Crippen molar-refractivity contribution in [2.75, 3.05) is 44.3 Å². The van der Waals surface area contributed by atoms with E-state index in [9.17, 15) is 27.6 Å². The standard InChI is InChI=1S/C26H24BrF3N4O4/c27-15-11-19(25(37)33-7-9-38-10-8-33)23(20(12-15)26(28,29)30)34-6-5-16(14-34)31-24(36)18-13-22(35)32-21-4-2-1-3-17(18)21/h1-4,11-13,16-17H,5-10,14H2,(H,31,36)/t16-,17?/m1/s1. The van der Waals surface area contributed by atoms with E-state index in [1.807, 2.05) is 0 Å². The maximum absolute atomic E-state index is 14.2. The second-order valence-electron chi connectivity index (χ2n) is 9.35. The van der Waals surface area contributed by atoms with Crippen molar-refractivity contribution in [2.24, 2.45) is 10.9 Å². The maximum Gasteiger partial charge on any atom is 0.418 e. The third kappa shape index (κ3) is 5.32. The number of rotatable bonds is 4. The fraction of sp³-hybridized carbons (Fsp3) is 0.385. The first-order chi connectivity index (χ1) is 18.1. The summed E-state index contributed by atoms with van der Waals surface area (Å²) in [6, 6.07) is 1.90. The minimum atomic E-state index is -4.70. The van der Waals surface area contributed by atoms with Gasteiger partial charge in [0.2, 0.25) is 5.91 Å². The quantitative estimate of drug-likeness (QED) is 0.579. The fourth-order valence-electron chi connectivity index (χ4n) is 5.10. The molecule has 3 amide bonds. The van der Waals surface area contributed by atoms with Gasteiger partial charge in [-0.15, -0.1) is 0 Å². The molecule has 4 aliphatic rings. The van der Waals surface area contributed by atoms with E-state index in [1.54, 1.807) is 24.3 Å². The van der Waals surface area contributed by atoms with E-state index in [0.29, 0.717) is 25.3 Å². The van der Waals surface area contributed by atoms with Crippen LogP contribution in [0.25, 0.3) is 0 Å². The summed E-state index contributed by atoms with van der Waals surface area (Å²) in [5.41, 5.74) is -0.469. The maximum atomic E-state index is 14.2. The second-order valence-corrected chi connectivity index (χ2v) is 10.3. The minimum Gasteiger partial charge on any atom is -0.378 e. The number of alkyl halides is 3. The molecule has 8 nitrogen and oxygen atoms in total. The van der Waals surface area contributed by atoms with E-state index in [4.69, 9.17) is 4.74 Å². The van der Waals surface area contributed by atoms with Crippen LogP contribution in [-0.2, 0) is 20.5 Å². The topological polar surface area (TPSA) is 91.3 Å². The molecule has 2 saturated heterocycles. The molecule has 1 unspecified atom stereocenters. The number of aliphatic imine (C=N–C) groups is 1. The molecule has 1 aromatic carbocycles. The summed E-state index contributed by atoms with van der Waals surface area (Å²) in [5.74, 6) is -1.97. The van der Waals surface area contributed by atoms with Crippen LogP contribution < -0.4 is 10.2 Å². The van der Waals surface area contributed by atoms with Crippen LogP contribution in [0.1, 0.15) is 22.3 Å². The number of hydrogen-bond acceptors (Lipinski definition) is 5. The van der Waals surface area contributed by atoms with Gasteiger partial charge >= 0.3 is 6.18 Å². The van der Waals surface area contributed by atoms with Crippen LogP contribution >= 0.6 is 15.9 Å². The van der Waals surface area contributed by atoms with Crippen molar-refractivity contribution >= 4 is 45.1 Å². The number of benzene rings is 1. The Kier molecular flexibility index (Phi) is 7.28. The Labute approximate surface area is 225 Å². The summed E-state index contributed by atoms with van der Waals surface area (Å²) in [7, 11) is 0. The number of anilines is 1. The van der Waals surface area contributed by atoms with E-state index in [0.717, 1.165) is 6.07 Å². The van der Waals surface area contributed by atoms with Gasteiger partial charge in [-0.25, -0.2) is 4.99 Å². The number of hydrogen-bond donors (Lipinski definition) is 1. The molecule has 200 valence electrons. The molecule has 2 atom stereocenters. The Bertz CT molecular complexity index is 1300. The molecule has 0 radical (unpaired) electrons. The lowest BCUT2D eigenvalue weighted by atomic mass is 9.87. The number of morpholine rings is 1.